The zero-order chi connectivity index (χ0) is 16.6. The number of rotatable bonds is 2. The highest BCUT2D eigenvalue weighted by molar-refractivity contribution is 7.26. The Morgan fingerprint density at radius 2 is 1.60 bits per heavy atom. The predicted molar refractivity (Wildman–Crippen MR) is 108 cm³/mol. The molecule has 5 rings (SSSR count). The molecule has 3 aromatic carbocycles. The van der Waals surface area contributed by atoms with Crippen molar-refractivity contribution in [2.45, 2.75) is 6.04 Å². The van der Waals surface area contributed by atoms with Crippen molar-refractivity contribution >= 4 is 43.5 Å². The first kappa shape index (κ1) is 14.4. The van der Waals surface area contributed by atoms with E-state index >= 15 is 0 Å². The topological polar surface area (TPSA) is 24.4 Å². The molecular weight excluding hydrogens is 324 g/mol. The van der Waals surface area contributed by atoms with Gasteiger partial charge in [0.1, 0.15) is 0 Å². The van der Waals surface area contributed by atoms with E-state index in [1.165, 1.54) is 25.7 Å². The van der Waals surface area contributed by atoms with Crippen molar-refractivity contribution in [2.24, 2.45) is 4.99 Å². The lowest BCUT2D eigenvalue weighted by Gasteiger charge is -2.19. The lowest BCUT2D eigenvalue weighted by molar-refractivity contribution is 0.803. The van der Waals surface area contributed by atoms with Gasteiger partial charge in [-0.15, -0.1) is 11.3 Å². The Balaban J connectivity index is 1.66. The molecule has 0 fully saturated rings. The Kier molecular flexibility index (Phi) is 3.39. The van der Waals surface area contributed by atoms with E-state index in [2.05, 4.69) is 83.1 Å². The summed E-state index contributed by atoms with van der Waals surface area (Å²) in [5.41, 5.74) is 3.47. The second kappa shape index (κ2) is 5.87. The summed E-state index contributed by atoms with van der Waals surface area (Å²) in [5.74, 6) is 0. The molecule has 2 nitrogen and oxygen atoms in total. The van der Waals surface area contributed by atoms with Gasteiger partial charge >= 0.3 is 0 Å². The van der Waals surface area contributed by atoms with E-state index in [1.54, 1.807) is 0 Å². The van der Waals surface area contributed by atoms with Crippen molar-refractivity contribution in [3.8, 4) is 0 Å². The van der Waals surface area contributed by atoms with Gasteiger partial charge in [-0.2, -0.15) is 0 Å². The maximum absolute atomic E-state index is 4.53. The minimum absolute atomic E-state index is 0.129. The fourth-order valence-electron chi connectivity index (χ4n) is 3.41. The third-order valence-corrected chi connectivity index (χ3v) is 5.86. The van der Waals surface area contributed by atoms with Gasteiger partial charge < -0.3 is 5.32 Å². The van der Waals surface area contributed by atoms with Gasteiger partial charge in [0, 0.05) is 20.2 Å². The Bertz CT molecular complexity index is 1120. The molecule has 1 atom stereocenters. The van der Waals surface area contributed by atoms with E-state index in [9.17, 15) is 0 Å². The number of aliphatic imine (C=N–C) groups is 1. The fourth-order valence-corrected chi connectivity index (χ4v) is 4.66. The lowest BCUT2D eigenvalue weighted by atomic mass is 10.0. The number of hydrogen-bond acceptors (Lipinski definition) is 3. The molecule has 1 aliphatic heterocycles. The SMILES string of the molecule is C1=NC(c2ccccc2)=CC(c2cccc3c2sc2ccccc23)N1. The van der Waals surface area contributed by atoms with Crippen LogP contribution in [0.1, 0.15) is 17.2 Å². The van der Waals surface area contributed by atoms with Crippen molar-refractivity contribution in [3.63, 3.8) is 0 Å². The second-order valence-corrected chi connectivity index (χ2v) is 7.19. The molecular formula is C22H16N2S. The highest BCUT2D eigenvalue weighted by Gasteiger charge is 2.17. The molecule has 1 N–H and O–H groups in total. The number of thiophene rings is 1. The maximum atomic E-state index is 4.53. The van der Waals surface area contributed by atoms with Crippen LogP contribution < -0.4 is 5.32 Å². The van der Waals surface area contributed by atoms with Gasteiger partial charge in [0.25, 0.3) is 0 Å². The summed E-state index contributed by atoms with van der Waals surface area (Å²) in [7, 11) is 0. The second-order valence-electron chi connectivity index (χ2n) is 6.14. The molecule has 120 valence electrons. The van der Waals surface area contributed by atoms with Crippen molar-refractivity contribution in [3.05, 3.63) is 90.0 Å². The molecule has 0 spiro atoms. The molecule has 2 heterocycles. The van der Waals surface area contributed by atoms with E-state index < -0.39 is 0 Å². The predicted octanol–water partition coefficient (Wildman–Crippen LogP) is 5.77. The summed E-state index contributed by atoms with van der Waals surface area (Å²) in [4.78, 5) is 4.53. The molecule has 1 unspecified atom stereocenters. The first-order chi connectivity index (χ1) is 12.4. The summed E-state index contributed by atoms with van der Waals surface area (Å²) in [5, 5.41) is 6.08. The van der Waals surface area contributed by atoms with E-state index in [-0.39, 0.29) is 6.04 Å². The van der Waals surface area contributed by atoms with Crippen LogP contribution in [-0.4, -0.2) is 6.34 Å². The number of benzene rings is 3. The number of nitrogens with zero attached hydrogens (tertiary/aromatic N) is 1. The highest BCUT2D eigenvalue weighted by Crippen LogP contribution is 2.38. The minimum Gasteiger partial charge on any atom is -0.366 e. The molecule has 25 heavy (non-hydrogen) atoms. The molecule has 0 amide bonds. The van der Waals surface area contributed by atoms with Crippen LogP contribution in [0, 0.1) is 0 Å². The molecule has 0 radical (unpaired) electrons. The third-order valence-electron chi connectivity index (χ3n) is 4.62. The first-order valence-electron chi connectivity index (χ1n) is 8.36. The number of fused-ring (bicyclic) bond motifs is 3. The Morgan fingerprint density at radius 3 is 2.52 bits per heavy atom. The van der Waals surface area contributed by atoms with Crippen LogP contribution >= 0.6 is 11.3 Å². The molecule has 3 heteroatoms. The first-order valence-corrected chi connectivity index (χ1v) is 9.18. The van der Waals surface area contributed by atoms with Gasteiger partial charge in [0.15, 0.2) is 0 Å². The maximum Gasteiger partial charge on any atom is 0.0893 e. The van der Waals surface area contributed by atoms with E-state index in [4.69, 9.17) is 0 Å². The monoisotopic (exact) mass is 340 g/mol. The smallest absolute Gasteiger partial charge is 0.0893 e. The zero-order valence-electron chi connectivity index (χ0n) is 13.5. The number of nitrogens with one attached hydrogen (secondary N) is 1. The van der Waals surface area contributed by atoms with Gasteiger partial charge in [0.05, 0.1) is 18.1 Å². The summed E-state index contributed by atoms with van der Waals surface area (Å²) in [6, 6.07) is 25.7. The lowest BCUT2D eigenvalue weighted by Crippen LogP contribution is -2.21. The largest absolute Gasteiger partial charge is 0.366 e. The van der Waals surface area contributed by atoms with Gasteiger partial charge in [-0.05, 0) is 23.3 Å². The van der Waals surface area contributed by atoms with Gasteiger partial charge in [-0.3, -0.25) is 0 Å². The van der Waals surface area contributed by atoms with Crippen LogP contribution in [-0.2, 0) is 0 Å². The normalized spacial score (nSPS) is 16.8. The van der Waals surface area contributed by atoms with Crippen LogP contribution in [0.15, 0.2) is 83.9 Å². The van der Waals surface area contributed by atoms with Crippen molar-refractivity contribution in [1.29, 1.82) is 0 Å². The van der Waals surface area contributed by atoms with Crippen molar-refractivity contribution in [1.82, 2.24) is 5.32 Å². The number of hydrogen-bond donors (Lipinski definition) is 1. The summed E-state index contributed by atoms with van der Waals surface area (Å²) in [6.07, 6.45) is 4.04. The molecule has 4 aromatic rings. The van der Waals surface area contributed by atoms with Crippen LogP contribution in [0.4, 0.5) is 0 Å². The molecule has 0 saturated carbocycles. The molecule has 1 aromatic heterocycles. The highest BCUT2D eigenvalue weighted by atomic mass is 32.1. The Labute approximate surface area is 150 Å². The van der Waals surface area contributed by atoms with Crippen LogP contribution in [0.2, 0.25) is 0 Å². The van der Waals surface area contributed by atoms with E-state index in [1.807, 2.05) is 23.7 Å². The fraction of sp³-hybridized carbons (Fsp3) is 0.0455. The van der Waals surface area contributed by atoms with Crippen LogP contribution in [0.5, 0.6) is 0 Å². The van der Waals surface area contributed by atoms with Crippen LogP contribution in [0.3, 0.4) is 0 Å². The third kappa shape index (κ3) is 2.44. The Morgan fingerprint density at radius 1 is 0.800 bits per heavy atom. The van der Waals surface area contributed by atoms with Crippen LogP contribution in [0.25, 0.3) is 25.9 Å². The quantitative estimate of drug-likeness (QED) is 0.492. The molecule has 0 aliphatic carbocycles. The van der Waals surface area contributed by atoms with Gasteiger partial charge in [-0.1, -0.05) is 66.7 Å². The minimum atomic E-state index is 0.129. The average molecular weight is 340 g/mol. The molecule has 0 bridgehead atoms. The summed E-state index contributed by atoms with van der Waals surface area (Å²) in [6.45, 7) is 0. The molecule has 0 saturated heterocycles. The zero-order valence-corrected chi connectivity index (χ0v) is 14.3. The average Bonchev–Trinajstić information content (AvgIpc) is 3.07. The standard InChI is InChI=1S/C22H16N2S/c1-2-7-15(8-3-1)19-13-20(24-14-23-19)18-11-6-10-17-16-9-4-5-12-21(16)25-22(17)18/h1-14,20H,(H,23,24). The summed E-state index contributed by atoms with van der Waals surface area (Å²) >= 11 is 1.87. The summed E-state index contributed by atoms with van der Waals surface area (Å²) < 4.78 is 2.68. The van der Waals surface area contributed by atoms with E-state index in [0.717, 1.165) is 11.3 Å². The molecule has 1 aliphatic rings. The van der Waals surface area contributed by atoms with Crippen molar-refractivity contribution < 1.29 is 0 Å². The van der Waals surface area contributed by atoms with Crippen molar-refractivity contribution in [2.75, 3.05) is 0 Å². The van der Waals surface area contributed by atoms with E-state index in [0.29, 0.717) is 0 Å². The Hall–Kier alpha value is -2.91. The van der Waals surface area contributed by atoms with Gasteiger partial charge in [-0.25, -0.2) is 4.99 Å². The van der Waals surface area contributed by atoms with Gasteiger partial charge in [0.2, 0.25) is 0 Å².